The van der Waals surface area contributed by atoms with E-state index in [0.29, 0.717) is 0 Å². The molecule has 2 heterocycles. The van der Waals surface area contributed by atoms with E-state index in [1.165, 1.54) is 24.3 Å². The van der Waals surface area contributed by atoms with Crippen LogP contribution in [-0.4, -0.2) is 52.0 Å². The SMILES string of the molecule is O=C(O)C1(C[C@H]2CN(S(=O)(=O)c3cccc(C(F)F)c3)c3cc(-c4cc(F)cc(OC(F)F)c4)ccc3O2)COC1. The molecule has 218 valence electrons. The maximum Gasteiger partial charge on any atom is 0.387 e. The summed E-state index contributed by atoms with van der Waals surface area (Å²) in [5.41, 5.74) is -1.57. The van der Waals surface area contributed by atoms with Crippen molar-refractivity contribution in [2.75, 3.05) is 24.1 Å². The van der Waals surface area contributed by atoms with Gasteiger partial charge in [-0.15, -0.1) is 0 Å². The molecule has 2 aliphatic heterocycles. The Labute approximate surface area is 230 Å². The van der Waals surface area contributed by atoms with Crippen molar-refractivity contribution in [3.63, 3.8) is 0 Å². The van der Waals surface area contributed by atoms with Crippen LogP contribution in [0, 0.1) is 11.2 Å². The molecule has 2 aliphatic rings. The van der Waals surface area contributed by atoms with Crippen molar-refractivity contribution in [2.45, 2.75) is 30.5 Å². The average Bonchev–Trinajstić information content (AvgIpc) is 2.89. The summed E-state index contributed by atoms with van der Waals surface area (Å²) < 4.78 is 110. The number of anilines is 1. The molecule has 0 aliphatic carbocycles. The fourth-order valence-corrected chi connectivity index (χ4v) is 6.33. The molecule has 5 rings (SSSR count). The molecule has 0 saturated carbocycles. The first-order valence-corrected chi connectivity index (χ1v) is 13.6. The highest BCUT2D eigenvalue weighted by atomic mass is 32.2. The first-order valence-electron chi connectivity index (χ1n) is 12.2. The fourth-order valence-electron chi connectivity index (χ4n) is 4.78. The second kappa shape index (κ2) is 10.8. The number of rotatable bonds is 9. The third-order valence-electron chi connectivity index (χ3n) is 6.85. The minimum Gasteiger partial charge on any atom is -0.486 e. The Hall–Kier alpha value is -3.91. The summed E-state index contributed by atoms with van der Waals surface area (Å²) in [5.74, 6) is -2.46. The third kappa shape index (κ3) is 5.66. The van der Waals surface area contributed by atoms with Crippen molar-refractivity contribution < 1.29 is 54.5 Å². The summed E-state index contributed by atoms with van der Waals surface area (Å²) >= 11 is 0. The number of aliphatic carboxylic acids is 1. The van der Waals surface area contributed by atoms with Crippen LogP contribution in [0.15, 0.2) is 65.6 Å². The molecular formula is C27H22F5NO7S. The Balaban J connectivity index is 1.59. The predicted molar refractivity (Wildman–Crippen MR) is 134 cm³/mol. The van der Waals surface area contributed by atoms with E-state index >= 15 is 0 Å². The molecule has 0 spiro atoms. The highest BCUT2D eigenvalue weighted by Gasteiger charge is 2.50. The minimum atomic E-state index is -4.52. The minimum absolute atomic E-state index is 0.0276. The van der Waals surface area contributed by atoms with Crippen LogP contribution >= 0.6 is 0 Å². The van der Waals surface area contributed by atoms with Crippen molar-refractivity contribution in [2.24, 2.45) is 5.41 Å². The van der Waals surface area contributed by atoms with Gasteiger partial charge in [-0.05, 0) is 47.5 Å². The number of benzene rings is 3. The zero-order valence-electron chi connectivity index (χ0n) is 21.0. The summed E-state index contributed by atoms with van der Waals surface area (Å²) in [6, 6.07) is 11.3. The second-order valence-corrected chi connectivity index (χ2v) is 11.5. The van der Waals surface area contributed by atoms with Crippen LogP contribution in [-0.2, 0) is 19.6 Å². The van der Waals surface area contributed by atoms with Gasteiger partial charge < -0.3 is 19.3 Å². The molecule has 1 fully saturated rings. The Bertz CT molecular complexity index is 1580. The number of fused-ring (bicyclic) bond motifs is 1. The van der Waals surface area contributed by atoms with Gasteiger partial charge in [0.1, 0.15) is 28.8 Å². The maximum atomic E-state index is 14.2. The van der Waals surface area contributed by atoms with Crippen LogP contribution in [0.2, 0.25) is 0 Å². The second-order valence-electron chi connectivity index (χ2n) is 9.67. The lowest BCUT2D eigenvalue weighted by molar-refractivity contribution is -0.184. The summed E-state index contributed by atoms with van der Waals surface area (Å²) in [6.07, 6.45) is -4.00. The number of carboxylic acids is 1. The molecule has 3 aromatic rings. The first kappa shape index (κ1) is 28.6. The number of hydrogen-bond acceptors (Lipinski definition) is 6. The van der Waals surface area contributed by atoms with Gasteiger partial charge in [-0.3, -0.25) is 9.10 Å². The number of ether oxygens (including phenoxy) is 3. The third-order valence-corrected chi connectivity index (χ3v) is 8.62. The summed E-state index contributed by atoms with van der Waals surface area (Å²) in [4.78, 5) is 11.5. The lowest BCUT2D eigenvalue weighted by atomic mass is 9.80. The molecule has 0 bridgehead atoms. The van der Waals surface area contributed by atoms with Crippen LogP contribution in [0.1, 0.15) is 18.4 Å². The summed E-state index contributed by atoms with van der Waals surface area (Å²) in [6.45, 7) is -3.78. The van der Waals surface area contributed by atoms with Gasteiger partial charge in [-0.25, -0.2) is 21.6 Å². The van der Waals surface area contributed by atoms with Crippen LogP contribution in [0.25, 0.3) is 11.1 Å². The van der Waals surface area contributed by atoms with Crippen molar-refractivity contribution in [1.82, 2.24) is 0 Å². The van der Waals surface area contributed by atoms with E-state index in [1.54, 1.807) is 0 Å². The molecule has 41 heavy (non-hydrogen) atoms. The first-order chi connectivity index (χ1) is 19.4. The van der Waals surface area contributed by atoms with Crippen molar-refractivity contribution in [3.05, 3.63) is 72.0 Å². The monoisotopic (exact) mass is 599 g/mol. The predicted octanol–water partition coefficient (Wildman–Crippen LogP) is 5.48. The molecular weight excluding hydrogens is 577 g/mol. The van der Waals surface area contributed by atoms with E-state index in [-0.39, 0.29) is 48.7 Å². The lowest BCUT2D eigenvalue weighted by Gasteiger charge is -2.42. The Morgan fingerprint density at radius 3 is 2.44 bits per heavy atom. The van der Waals surface area contributed by atoms with Crippen molar-refractivity contribution >= 4 is 21.7 Å². The van der Waals surface area contributed by atoms with E-state index < -0.39 is 62.6 Å². The topological polar surface area (TPSA) is 102 Å². The zero-order chi connectivity index (χ0) is 29.5. The number of carbonyl (C=O) groups is 1. The molecule has 1 atom stereocenters. The summed E-state index contributed by atoms with van der Waals surface area (Å²) in [5, 5.41) is 9.73. The molecule has 0 aromatic heterocycles. The molecule has 1 saturated heterocycles. The molecule has 8 nitrogen and oxygen atoms in total. The number of sulfonamides is 1. The van der Waals surface area contributed by atoms with Crippen molar-refractivity contribution in [1.29, 1.82) is 0 Å². The molecule has 0 unspecified atom stereocenters. The van der Waals surface area contributed by atoms with Gasteiger partial charge in [0.05, 0.1) is 30.3 Å². The molecule has 1 N–H and O–H groups in total. The standard InChI is InChI=1S/C27H22F5NO7S/c28-18-6-17(7-19(10-18)40-26(31)32)15-4-5-23-22(9-15)33(12-20(39-23)11-27(25(34)35)13-38-14-27)41(36,37)21-3-1-2-16(8-21)24(29)30/h1-10,20,24,26H,11-14H2,(H,34,35)/t20-/m0/s1. The highest BCUT2D eigenvalue weighted by Crippen LogP contribution is 2.43. The molecule has 0 radical (unpaired) electrons. The lowest BCUT2D eigenvalue weighted by Crippen LogP contribution is -2.54. The Morgan fingerprint density at radius 2 is 1.80 bits per heavy atom. The molecule has 0 amide bonds. The average molecular weight is 600 g/mol. The van der Waals surface area contributed by atoms with Crippen LogP contribution < -0.4 is 13.8 Å². The number of carboxylic acid groups (broad SMARTS) is 1. The van der Waals surface area contributed by atoms with Gasteiger partial charge >= 0.3 is 12.6 Å². The smallest absolute Gasteiger partial charge is 0.387 e. The Kier molecular flexibility index (Phi) is 7.55. The van der Waals surface area contributed by atoms with E-state index in [0.717, 1.165) is 40.7 Å². The van der Waals surface area contributed by atoms with Crippen LogP contribution in [0.4, 0.5) is 27.6 Å². The number of halogens is 5. The quantitative estimate of drug-likeness (QED) is 0.325. The normalized spacial score (nSPS) is 18.0. The van der Waals surface area contributed by atoms with E-state index in [9.17, 15) is 40.3 Å². The molecule has 14 heteroatoms. The van der Waals surface area contributed by atoms with Gasteiger partial charge in [0.25, 0.3) is 16.4 Å². The van der Waals surface area contributed by atoms with Gasteiger partial charge in [0.2, 0.25) is 0 Å². The number of hydrogen-bond donors (Lipinski definition) is 1. The van der Waals surface area contributed by atoms with Gasteiger partial charge in [0, 0.05) is 18.1 Å². The van der Waals surface area contributed by atoms with Gasteiger partial charge in [-0.1, -0.05) is 18.2 Å². The van der Waals surface area contributed by atoms with Gasteiger partial charge in [0.15, 0.2) is 0 Å². The van der Waals surface area contributed by atoms with Crippen LogP contribution in [0.3, 0.4) is 0 Å². The molecule has 3 aromatic carbocycles. The number of nitrogens with zero attached hydrogens (tertiary/aromatic N) is 1. The highest BCUT2D eigenvalue weighted by molar-refractivity contribution is 7.92. The zero-order valence-corrected chi connectivity index (χ0v) is 21.8. The fraction of sp³-hybridized carbons (Fsp3) is 0.296. The Morgan fingerprint density at radius 1 is 1.05 bits per heavy atom. The van der Waals surface area contributed by atoms with E-state index in [4.69, 9.17) is 9.47 Å². The van der Waals surface area contributed by atoms with Crippen LogP contribution in [0.5, 0.6) is 11.5 Å². The maximum absolute atomic E-state index is 14.2. The van der Waals surface area contributed by atoms with Crippen molar-refractivity contribution in [3.8, 4) is 22.6 Å². The van der Waals surface area contributed by atoms with Gasteiger partial charge in [-0.2, -0.15) is 8.78 Å². The van der Waals surface area contributed by atoms with E-state index in [1.807, 2.05) is 0 Å². The number of alkyl halides is 4. The summed E-state index contributed by atoms with van der Waals surface area (Å²) in [7, 11) is -4.52. The van der Waals surface area contributed by atoms with E-state index in [2.05, 4.69) is 4.74 Å². The largest absolute Gasteiger partial charge is 0.486 e.